The summed E-state index contributed by atoms with van der Waals surface area (Å²) in [6.45, 7) is 13.3. The molecule has 0 aliphatic carbocycles. The van der Waals surface area contributed by atoms with Crippen molar-refractivity contribution in [3.8, 4) is 0 Å². The lowest BCUT2D eigenvalue weighted by atomic mass is 9.87. The normalized spacial score (nSPS) is 15.2. The number of likely N-dealkylation sites (N-methyl/N-ethyl adjacent to an activating group) is 1. The third-order valence-corrected chi connectivity index (χ3v) is 2.71. The van der Waals surface area contributed by atoms with Gasteiger partial charge in [0.05, 0.1) is 0 Å². The summed E-state index contributed by atoms with van der Waals surface area (Å²) in [5.41, 5.74) is 6.33. The van der Waals surface area contributed by atoms with Crippen LogP contribution in [0, 0.1) is 11.3 Å². The molecule has 0 aromatic carbocycles. The van der Waals surface area contributed by atoms with E-state index >= 15 is 0 Å². The van der Waals surface area contributed by atoms with Gasteiger partial charge in [0.1, 0.15) is 0 Å². The third kappa shape index (κ3) is 6.39. The van der Waals surface area contributed by atoms with Crippen LogP contribution in [0.25, 0.3) is 0 Å². The Kier molecular flexibility index (Phi) is 5.68. The predicted octanol–water partition coefficient (Wildman–Crippen LogP) is 2.34. The van der Waals surface area contributed by atoms with E-state index in [9.17, 15) is 0 Å². The van der Waals surface area contributed by atoms with Gasteiger partial charge in [-0.25, -0.2) is 0 Å². The molecule has 1 atom stereocenters. The predicted molar refractivity (Wildman–Crippen MR) is 64.4 cm³/mol. The molecule has 0 aliphatic rings. The summed E-state index contributed by atoms with van der Waals surface area (Å²) >= 11 is 0. The molecular formula is C12H28N2. The van der Waals surface area contributed by atoms with E-state index in [4.69, 9.17) is 5.73 Å². The molecule has 0 fully saturated rings. The Morgan fingerprint density at radius 3 is 2.07 bits per heavy atom. The monoisotopic (exact) mass is 200 g/mol. The van der Waals surface area contributed by atoms with Gasteiger partial charge in [-0.1, -0.05) is 34.6 Å². The summed E-state index contributed by atoms with van der Waals surface area (Å²) in [7, 11) is 2.16. The summed E-state index contributed by atoms with van der Waals surface area (Å²) in [5.74, 6) is 0.781. The van der Waals surface area contributed by atoms with E-state index in [0.717, 1.165) is 19.0 Å². The molecule has 2 heteroatoms. The van der Waals surface area contributed by atoms with Crippen LogP contribution in [0.1, 0.15) is 41.0 Å². The molecule has 0 aromatic rings. The lowest BCUT2D eigenvalue weighted by Gasteiger charge is -2.31. The summed E-state index contributed by atoms with van der Waals surface area (Å²) in [6, 6.07) is 0.264. The minimum atomic E-state index is 0.214. The SMILES string of the molecule is CC(C)CCN(C)CC(N)C(C)(C)C. The molecule has 86 valence electrons. The molecule has 0 saturated heterocycles. The summed E-state index contributed by atoms with van der Waals surface area (Å²) in [6.07, 6.45) is 1.26. The van der Waals surface area contributed by atoms with E-state index < -0.39 is 0 Å². The molecule has 0 heterocycles. The first-order valence-corrected chi connectivity index (χ1v) is 5.67. The maximum Gasteiger partial charge on any atom is 0.0217 e. The van der Waals surface area contributed by atoms with Gasteiger partial charge in [0, 0.05) is 12.6 Å². The molecule has 0 aromatic heterocycles. The Bertz CT molecular complexity index is 147. The number of hydrogen-bond donors (Lipinski definition) is 1. The van der Waals surface area contributed by atoms with Crippen LogP contribution in [-0.2, 0) is 0 Å². The van der Waals surface area contributed by atoms with E-state index in [1.165, 1.54) is 6.42 Å². The molecule has 2 nitrogen and oxygen atoms in total. The Hall–Kier alpha value is -0.0800. The fraction of sp³-hybridized carbons (Fsp3) is 1.00. The van der Waals surface area contributed by atoms with Gasteiger partial charge in [-0.3, -0.25) is 0 Å². The molecule has 0 amide bonds. The Balaban J connectivity index is 3.77. The second kappa shape index (κ2) is 5.72. The molecule has 0 aliphatic heterocycles. The van der Waals surface area contributed by atoms with Crippen molar-refractivity contribution >= 4 is 0 Å². The topological polar surface area (TPSA) is 29.3 Å². The molecular weight excluding hydrogens is 172 g/mol. The number of hydrogen-bond acceptors (Lipinski definition) is 2. The van der Waals surface area contributed by atoms with Gasteiger partial charge in [-0.2, -0.15) is 0 Å². The lowest BCUT2D eigenvalue weighted by molar-refractivity contribution is 0.220. The fourth-order valence-corrected chi connectivity index (χ4v) is 1.18. The lowest BCUT2D eigenvalue weighted by Crippen LogP contribution is -2.44. The van der Waals surface area contributed by atoms with Crippen LogP contribution < -0.4 is 5.73 Å². The standard InChI is InChI=1S/C12H28N2/c1-10(2)7-8-14(6)9-11(13)12(3,4)5/h10-11H,7-9,13H2,1-6H3. The molecule has 2 N–H and O–H groups in total. The van der Waals surface area contributed by atoms with Crippen LogP contribution in [0.5, 0.6) is 0 Å². The van der Waals surface area contributed by atoms with Crippen LogP contribution >= 0.6 is 0 Å². The van der Waals surface area contributed by atoms with Crippen molar-refractivity contribution in [2.24, 2.45) is 17.1 Å². The summed E-state index contributed by atoms with van der Waals surface area (Å²) < 4.78 is 0. The first-order chi connectivity index (χ1) is 6.23. The van der Waals surface area contributed by atoms with Gasteiger partial charge in [-0.15, -0.1) is 0 Å². The van der Waals surface area contributed by atoms with Crippen molar-refractivity contribution in [1.29, 1.82) is 0 Å². The quantitative estimate of drug-likeness (QED) is 0.738. The van der Waals surface area contributed by atoms with Gasteiger partial charge in [-0.05, 0) is 31.3 Å². The van der Waals surface area contributed by atoms with Crippen molar-refractivity contribution in [1.82, 2.24) is 4.90 Å². The van der Waals surface area contributed by atoms with Crippen molar-refractivity contribution in [3.63, 3.8) is 0 Å². The fourth-order valence-electron chi connectivity index (χ4n) is 1.18. The Morgan fingerprint density at radius 2 is 1.71 bits per heavy atom. The van der Waals surface area contributed by atoms with Gasteiger partial charge >= 0.3 is 0 Å². The minimum absolute atomic E-state index is 0.214. The highest BCUT2D eigenvalue weighted by molar-refractivity contribution is 4.79. The van der Waals surface area contributed by atoms with Gasteiger partial charge in [0.15, 0.2) is 0 Å². The molecule has 0 radical (unpaired) electrons. The zero-order valence-corrected chi connectivity index (χ0v) is 10.8. The van der Waals surface area contributed by atoms with Crippen LogP contribution in [0.2, 0.25) is 0 Å². The molecule has 0 spiro atoms. The van der Waals surface area contributed by atoms with E-state index in [1.807, 2.05) is 0 Å². The zero-order valence-electron chi connectivity index (χ0n) is 10.8. The first-order valence-electron chi connectivity index (χ1n) is 5.67. The molecule has 14 heavy (non-hydrogen) atoms. The van der Waals surface area contributed by atoms with E-state index in [-0.39, 0.29) is 11.5 Å². The average molecular weight is 200 g/mol. The van der Waals surface area contributed by atoms with Gasteiger partial charge in [0.25, 0.3) is 0 Å². The first kappa shape index (κ1) is 13.9. The van der Waals surface area contributed by atoms with Crippen LogP contribution in [0.4, 0.5) is 0 Å². The largest absolute Gasteiger partial charge is 0.326 e. The number of nitrogens with two attached hydrogens (primary N) is 1. The average Bonchev–Trinajstić information content (AvgIpc) is 1.99. The molecule has 0 rings (SSSR count). The number of nitrogens with zero attached hydrogens (tertiary/aromatic N) is 1. The molecule has 0 saturated carbocycles. The smallest absolute Gasteiger partial charge is 0.0217 e. The highest BCUT2D eigenvalue weighted by Gasteiger charge is 2.21. The van der Waals surface area contributed by atoms with E-state index in [2.05, 4.69) is 46.6 Å². The van der Waals surface area contributed by atoms with E-state index in [0.29, 0.717) is 0 Å². The maximum absolute atomic E-state index is 6.12. The molecule has 1 unspecified atom stereocenters. The highest BCUT2D eigenvalue weighted by atomic mass is 15.1. The second-order valence-electron chi connectivity index (χ2n) is 5.92. The molecule has 0 bridgehead atoms. The van der Waals surface area contributed by atoms with E-state index in [1.54, 1.807) is 0 Å². The summed E-state index contributed by atoms with van der Waals surface area (Å²) in [5, 5.41) is 0. The van der Waals surface area contributed by atoms with Crippen molar-refractivity contribution in [3.05, 3.63) is 0 Å². The van der Waals surface area contributed by atoms with Crippen LogP contribution in [0.15, 0.2) is 0 Å². The van der Waals surface area contributed by atoms with Crippen LogP contribution in [-0.4, -0.2) is 31.1 Å². The Morgan fingerprint density at radius 1 is 1.21 bits per heavy atom. The van der Waals surface area contributed by atoms with Gasteiger partial charge < -0.3 is 10.6 Å². The summed E-state index contributed by atoms with van der Waals surface area (Å²) in [4.78, 5) is 2.34. The minimum Gasteiger partial charge on any atom is -0.326 e. The third-order valence-electron chi connectivity index (χ3n) is 2.71. The van der Waals surface area contributed by atoms with Crippen molar-refractivity contribution in [2.75, 3.05) is 20.1 Å². The van der Waals surface area contributed by atoms with Gasteiger partial charge in [0.2, 0.25) is 0 Å². The highest BCUT2D eigenvalue weighted by Crippen LogP contribution is 2.17. The zero-order chi connectivity index (χ0) is 11.4. The Labute approximate surface area is 89.9 Å². The van der Waals surface area contributed by atoms with Crippen LogP contribution in [0.3, 0.4) is 0 Å². The van der Waals surface area contributed by atoms with Crippen molar-refractivity contribution < 1.29 is 0 Å². The second-order valence-corrected chi connectivity index (χ2v) is 5.92. The maximum atomic E-state index is 6.12. The van der Waals surface area contributed by atoms with Crippen molar-refractivity contribution in [2.45, 2.75) is 47.1 Å². The number of rotatable bonds is 5.